The van der Waals surface area contributed by atoms with E-state index in [1.54, 1.807) is 0 Å². The molecule has 0 bridgehead atoms. The molecule has 0 atom stereocenters. The SMILES string of the molecule is CCCCCCNCCBr. The van der Waals surface area contributed by atoms with Gasteiger partial charge in [-0.2, -0.15) is 0 Å². The van der Waals surface area contributed by atoms with Crippen molar-refractivity contribution in [3.63, 3.8) is 0 Å². The molecule has 0 aromatic carbocycles. The second kappa shape index (κ2) is 9.44. The molecule has 0 aliphatic rings. The molecule has 0 spiro atoms. The van der Waals surface area contributed by atoms with Crippen molar-refractivity contribution in [2.45, 2.75) is 32.6 Å². The van der Waals surface area contributed by atoms with Gasteiger partial charge in [-0.1, -0.05) is 42.1 Å². The Labute approximate surface area is 72.7 Å². The number of nitrogens with one attached hydrogen (secondary N) is 1. The van der Waals surface area contributed by atoms with E-state index >= 15 is 0 Å². The van der Waals surface area contributed by atoms with Crippen molar-refractivity contribution < 1.29 is 0 Å². The molecule has 0 rings (SSSR count). The molecule has 10 heavy (non-hydrogen) atoms. The van der Waals surface area contributed by atoms with Crippen LogP contribution in [0.1, 0.15) is 32.6 Å². The van der Waals surface area contributed by atoms with Gasteiger partial charge in [0.1, 0.15) is 0 Å². The average molecular weight is 208 g/mol. The van der Waals surface area contributed by atoms with Crippen LogP contribution in [0.4, 0.5) is 0 Å². The van der Waals surface area contributed by atoms with E-state index in [0.29, 0.717) is 0 Å². The van der Waals surface area contributed by atoms with Crippen LogP contribution in [0.2, 0.25) is 0 Å². The average Bonchev–Trinajstić information content (AvgIpc) is 1.97. The van der Waals surface area contributed by atoms with Gasteiger partial charge in [0.25, 0.3) is 0 Å². The van der Waals surface area contributed by atoms with Gasteiger partial charge >= 0.3 is 0 Å². The fourth-order valence-corrected chi connectivity index (χ4v) is 1.15. The third-order valence-corrected chi connectivity index (χ3v) is 1.87. The van der Waals surface area contributed by atoms with E-state index in [4.69, 9.17) is 0 Å². The molecule has 0 amide bonds. The highest BCUT2D eigenvalue weighted by molar-refractivity contribution is 9.09. The van der Waals surface area contributed by atoms with Gasteiger partial charge < -0.3 is 5.32 Å². The molecule has 1 nitrogen and oxygen atoms in total. The molecule has 62 valence electrons. The zero-order valence-corrected chi connectivity index (χ0v) is 8.41. The Morgan fingerprint density at radius 3 is 2.50 bits per heavy atom. The van der Waals surface area contributed by atoms with Crippen molar-refractivity contribution >= 4 is 15.9 Å². The molecule has 0 saturated heterocycles. The first kappa shape index (κ1) is 10.4. The molecular weight excluding hydrogens is 190 g/mol. The monoisotopic (exact) mass is 207 g/mol. The van der Waals surface area contributed by atoms with E-state index in [9.17, 15) is 0 Å². The predicted molar refractivity (Wildman–Crippen MR) is 50.8 cm³/mol. The lowest BCUT2D eigenvalue weighted by atomic mass is 10.2. The summed E-state index contributed by atoms with van der Waals surface area (Å²) >= 11 is 3.37. The Morgan fingerprint density at radius 2 is 1.90 bits per heavy atom. The molecule has 0 aliphatic carbocycles. The van der Waals surface area contributed by atoms with Crippen LogP contribution in [-0.2, 0) is 0 Å². The smallest absolute Gasteiger partial charge is 0.0157 e. The normalized spacial score (nSPS) is 10.2. The quantitative estimate of drug-likeness (QED) is 0.500. The number of halogens is 1. The topological polar surface area (TPSA) is 12.0 Å². The molecule has 0 aliphatic heterocycles. The number of alkyl halides is 1. The van der Waals surface area contributed by atoms with Crippen LogP contribution in [-0.4, -0.2) is 18.4 Å². The van der Waals surface area contributed by atoms with Crippen molar-refractivity contribution in [2.75, 3.05) is 18.4 Å². The van der Waals surface area contributed by atoms with Gasteiger partial charge in [-0.25, -0.2) is 0 Å². The number of hydrogen-bond donors (Lipinski definition) is 1. The Hall–Kier alpha value is 0.440. The van der Waals surface area contributed by atoms with Crippen LogP contribution in [0.15, 0.2) is 0 Å². The zero-order valence-electron chi connectivity index (χ0n) is 6.83. The Bertz CT molecular complexity index is 49.2. The maximum Gasteiger partial charge on any atom is 0.0157 e. The molecule has 0 aromatic rings. The molecule has 0 aromatic heterocycles. The maximum atomic E-state index is 3.37. The van der Waals surface area contributed by atoms with Crippen molar-refractivity contribution in [3.05, 3.63) is 0 Å². The molecule has 0 saturated carbocycles. The lowest BCUT2D eigenvalue weighted by Gasteiger charge is -2.00. The maximum absolute atomic E-state index is 3.37. The first-order chi connectivity index (χ1) is 4.91. The third-order valence-electron chi connectivity index (χ3n) is 1.48. The summed E-state index contributed by atoms with van der Waals surface area (Å²) in [4.78, 5) is 0. The molecule has 0 unspecified atom stereocenters. The highest BCUT2D eigenvalue weighted by atomic mass is 79.9. The van der Waals surface area contributed by atoms with Gasteiger partial charge in [0.2, 0.25) is 0 Å². The van der Waals surface area contributed by atoms with E-state index in [1.165, 1.54) is 32.2 Å². The van der Waals surface area contributed by atoms with Crippen molar-refractivity contribution in [1.82, 2.24) is 5.32 Å². The third kappa shape index (κ3) is 8.44. The fraction of sp³-hybridized carbons (Fsp3) is 1.00. The standard InChI is InChI=1S/C8H18BrN/c1-2-3-4-5-7-10-8-6-9/h10H,2-8H2,1H3. The van der Waals surface area contributed by atoms with Crippen LogP contribution in [0.25, 0.3) is 0 Å². The Kier molecular flexibility index (Phi) is 9.86. The van der Waals surface area contributed by atoms with Gasteiger partial charge in [-0.3, -0.25) is 0 Å². The van der Waals surface area contributed by atoms with Crippen molar-refractivity contribution in [3.8, 4) is 0 Å². The van der Waals surface area contributed by atoms with Gasteiger partial charge in [-0.05, 0) is 13.0 Å². The summed E-state index contributed by atoms with van der Waals surface area (Å²) in [6, 6.07) is 0. The van der Waals surface area contributed by atoms with Crippen LogP contribution < -0.4 is 5.32 Å². The number of unbranched alkanes of at least 4 members (excludes halogenated alkanes) is 3. The first-order valence-corrected chi connectivity index (χ1v) is 5.30. The first-order valence-electron chi connectivity index (χ1n) is 4.18. The van der Waals surface area contributed by atoms with E-state index in [2.05, 4.69) is 28.2 Å². The minimum absolute atomic E-state index is 1.07. The minimum Gasteiger partial charge on any atom is -0.316 e. The van der Waals surface area contributed by atoms with E-state index in [-0.39, 0.29) is 0 Å². The van der Waals surface area contributed by atoms with E-state index in [1.807, 2.05) is 0 Å². The molecule has 2 heteroatoms. The van der Waals surface area contributed by atoms with Gasteiger partial charge in [0.05, 0.1) is 0 Å². The summed E-state index contributed by atoms with van der Waals surface area (Å²) in [6.45, 7) is 4.53. The molecule has 0 fully saturated rings. The number of hydrogen-bond acceptors (Lipinski definition) is 1. The van der Waals surface area contributed by atoms with Crippen molar-refractivity contribution in [1.29, 1.82) is 0 Å². The summed E-state index contributed by atoms with van der Waals surface area (Å²) in [5.74, 6) is 0. The fourth-order valence-electron chi connectivity index (χ4n) is 0.869. The molecular formula is C8H18BrN. The molecule has 1 N–H and O–H groups in total. The predicted octanol–water partition coefficient (Wildman–Crippen LogP) is 2.55. The van der Waals surface area contributed by atoms with Gasteiger partial charge in [0, 0.05) is 11.9 Å². The minimum atomic E-state index is 1.07. The zero-order chi connectivity index (χ0) is 7.66. The summed E-state index contributed by atoms with van der Waals surface area (Å²) in [5.41, 5.74) is 0. The Balaban J connectivity index is 2.65. The second-order valence-electron chi connectivity index (χ2n) is 2.50. The van der Waals surface area contributed by atoms with Gasteiger partial charge in [0.15, 0.2) is 0 Å². The lowest BCUT2D eigenvalue weighted by Crippen LogP contribution is -2.17. The van der Waals surface area contributed by atoms with Crippen LogP contribution in [0.5, 0.6) is 0 Å². The summed E-state index contributed by atoms with van der Waals surface area (Å²) in [6.07, 6.45) is 5.43. The highest BCUT2D eigenvalue weighted by Gasteiger charge is 1.86. The summed E-state index contributed by atoms with van der Waals surface area (Å²) in [7, 11) is 0. The molecule has 0 radical (unpaired) electrons. The number of rotatable bonds is 7. The summed E-state index contributed by atoms with van der Waals surface area (Å²) < 4.78 is 0. The molecule has 0 heterocycles. The summed E-state index contributed by atoms with van der Waals surface area (Å²) in [5, 5.41) is 4.42. The van der Waals surface area contributed by atoms with E-state index < -0.39 is 0 Å². The van der Waals surface area contributed by atoms with Crippen LogP contribution in [0.3, 0.4) is 0 Å². The van der Waals surface area contributed by atoms with Crippen molar-refractivity contribution in [2.24, 2.45) is 0 Å². The van der Waals surface area contributed by atoms with Crippen LogP contribution >= 0.6 is 15.9 Å². The lowest BCUT2D eigenvalue weighted by molar-refractivity contribution is 0.613. The van der Waals surface area contributed by atoms with E-state index in [0.717, 1.165) is 11.9 Å². The van der Waals surface area contributed by atoms with Crippen LogP contribution in [0, 0.1) is 0 Å². The highest BCUT2D eigenvalue weighted by Crippen LogP contribution is 1.96. The van der Waals surface area contributed by atoms with Gasteiger partial charge in [-0.15, -0.1) is 0 Å². The second-order valence-corrected chi connectivity index (χ2v) is 3.29. The largest absolute Gasteiger partial charge is 0.316 e. The Morgan fingerprint density at radius 1 is 1.10 bits per heavy atom.